The summed E-state index contributed by atoms with van der Waals surface area (Å²) in [5.74, 6) is 1.40. The number of hydrogen-bond donors (Lipinski definition) is 1. The third-order valence-corrected chi connectivity index (χ3v) is 4.64. The molecule has 1 unspecified atom stereocenters. The predicted octanol–water partition coefficient (Wildman–Crippen LogP) is 3.77. The summed E-state index contributed by atoms with van der Waals surface area (Å²) in [5.41, 5.74) is 1.67. The molecule has 6 heteroatoms. The van der Waals surface area contributed by atoms with Crippen LogP contribution >= 0.6 is 15.9 Å². The maximum Gasteiger partial charge on any atom is 0.270 e. The maximum atomic E-state index is 12.7. The van der Waals surface area contributed by atoms with Crippen LogP contribution in [0.4, 0.5) is 0 Å². The number of likely N-dealkylation sites (tertiary alicyclic amines) is 1. The van der Waals surface area contributed by atoms with Crippen molar-refractivity contribution in [1.29, 1.82) is 0 Å². The van der Waals surface area contributed by atoms with Crippen LogP contribution in [0.15, 0.2) is 34.9 Å². The average molecular weight is 379 g/mol. The van der Waals surface area contributed by atoms with E-state index in [2.05, 4.69) is 20.9 Å². The fraction of sp³-hybridized carbons (Fsp3) is 0.353. The van der Waals surface area contributed by atoms with Gasteiger partial charge in [0, 0.05) is 17.2 Å². The first-order valence-corrected chi connectivity index (χ1v) is 8.30. The topological polar surface area (TPSA) is 54.6 Å². The highest BCUT2D eigenvalue weighted by atomic mass is 79.9. The van der Waals surface area contributed by atoms with Gasteiger partial charge in [0.1, 0.15) is 5.69 Å². The van der Waals surface area contributed by atoms with Crippen molar-refractivity contribution in [3.63, 3.8) is 0 Å². The van der Waals surface area contributed by atoms with Gasteiger partial charge >= 0.3 is 0 Å². The van der Waals surface area contributed by atoms with Crippen molar-refractivity contribution in [2.45, 2.75) is 18.9 Å². The Morgan fingerprint density at radius 2 is 2.04 bits per heavy atom. The number of carbonyl (C=O) groups is 1. The van der Waals surface area contributed by atoms with E-state index in [0.29, 0.717) is 17.2 Å². The Morgan fingerprint density at radius 1 is 1.26 bits per heavy atom. The number of carbonyl (C=O) groups excluding carboxylic acids is 1. The number of ether oxygens (including phenoxy) is 2. The van der Waals surface area contributed by atoms with Gasteiger partial charge in [-0.05, 0) is 52.5 Å². The maximum absolute atomic E-state index is 12.7. The van der Waals surface area contributed by atoms with E-state index < -0.39 is 0 Å². The molecular weight excluding hydrogens is 360 g/mol. The third-order valence-electron chi connectivity index (χ3n) is 4.18. The van der Waals surface area contributed by atoms with Crippen molar-refractivity contribution < 1.29 is 14.3 Å². The predicted molar refractivity (Wildman–Crippen MR) is 91.1 cm³/mol. The van der Waals surface area contributed by atoms with E-state index >= 15 is 0 Å². The molecule has 0 saturated carbocycles. The van der Waals surface area contributed by atoms with Crippen LogP contribution in [-0.2, 0) is 0 Å². The second kappa shape index (κ2) is 6.66. The van der Waals surface area contributed by atoms with Crippen molar-refractivity contribution in [2.24, 2.45) is 0 Å². The van der Waals surface area contributed by atoms with Crippen molar-refractivity contribution in [1.82, 2.24) is 9.88 Å². The van der Waals surface area contributed by atoms with Crippen molar-refractivity contribution in [3.05, 3.63) is 46.2 Å². The number of aromatic amines is 1. The molecule has 1 atom stereocenters. The first-order valence-electron chi connectivity index (χ1n) is 7.51. The zero-order valence-corrected chi connectivity index (χ0v) is 14.7. The SMILES string of the molecule is COc1ccc(C2CCCN2C(=O)c2cc(Br)c[nH]2)cc1OC. The van der Waals surface area contributed by atoms with E-state index in [0.717, 1.165) is 29.4 Å². The minimum atomic E-state index is 0.0213. The number of H-pyrrole nitrogens is 1. The smallest absolute Gasteiger partial charge is 0.270 e. The molecule has 1 amide bonds. The molecule has 1 saturated heterocycles. The molecule has 1 fully saturated rings. The van der Waals surface area contributed by atoms with Gasteiger partial charge in [0.25, 0.3) is 5.91 Å². The third kappa shape index (κ3) is 3.08. The minimum absolute atomic E-state index is 0.0213. The van der Waals surface area contributed by atoms with Crippen LogP contribution in [-0.4, -0.2) is 36.6 Å². The molecule has 0 bridgehead atoms. The zero-order valence-electron chi connectivity index (χ0n) is 13.1. The number of nitrogens with one attached hydrogen (secondary N) is 1. The Morgan fingerprint density at radius 3 is 2.70 bits per heavy atom. The van der Waals surface area contributed by atoms with Crippen LogP contribution in [0, 0.1) is 0 Å². The molecule has 1 aliphatic rings. The number of hydrogen-bond acceptors (Lipinski definition) is 3. The first kappa shape index (κ1) is 15.9. The number of amides is 1. The second-order valence-electron chi connectivity index (χ2n) is 5.50. The van der Waals surface area contributed by atoms with Gasteiger partial charge < -0.3 is 19.4 Å². The molecule has 2 heterocycles. The van der Waals surface area contributed by atoms with Crippen LogP contribution < -0.4 is 9.47 Å². The van der Waals surface area contributed by atoms with Gasteiger partial charge in [-0.25, -0.2) is 0 Å². The summed E-state index contributed by atoms with van der Waals surface area (Å²) in [6, 6.07) is 7.72. The lowest BCUT2D eigenvalue weighted by Crippen LogP contribution is -2.30. The summed E-state index contributed by atoms with van der Waals surface area (Å²) in [6.07, 6.45) is 3.71. The summed E-state index contributed by atoms with van der Waals surface area (Å²) >= 11 is 3.37. The fourth-order valence-electron chi connectivity index (χ4n) is 3.06. The van der Waals surface area contributed by atoms with Crippen molar-refractivity contribution in [2.75, 3.05) is 20.8 Å². The molecule has 23 heavy (non-hydrogen) atoms. The van der Waals surface area contributed by atoms with E-state index in [4.69, 9.17) is 9.47 Å². The molecule has 0 aliphatic carbocycles. The standard InChI is InChI=1S/C17H19BrN2O3/c1-22-15-6-5-11(8-16(15)23-2)14-4-3-7-20(14)17(21)13-9-12(18)10-19-13/h5-6,8-10,14,19H,3-4,7H2,1-2H3. The van der Waals surface area contributed by atoms with Crippen LogP contribution in [0.1, 0.15) is 34.9 Å². The Labute approximate surface area is 143 Å². The van der Waals surface area contributed by atoms with E-state index in [1.807, 2.05) is 29.2 Å². The molecule has 1 aliphatic heterocycles. The van der Waals surface area contributed by atoms with E-state index in [9.17, 15) is 4.79 Å². The molecule has 3 rings (SSSR count). The first-order chi connectivity index (χ1) is 11.1. The molecular formula is C17H19BrN2O3. The molecule has 2 aromatic rings. The van der Waals surface area contributed by atoms with E-state index in [-0.39, 0.29) is 11.9 Å². The number of rotatable bonds is 4. The van der Waals surface area contributed by atoms with Gasteiger partial charge in [0.15, 0.2) is 11.5 Å². The lowest BCUT2D eigenvalue weighted by Gasteiger charge is -2.25. The number of aromatic nitrogens is 1. The molecule has 5 nitrogen and oxygen atoms in total. The highest BCUT2D eigenvalue weighted by Gasteiger charge is 2.31. The lowest BCUT2D eigenvalue weighted by molar-refractivity contribution is 0.0730. The zero-order chi connectivity index (χ0) is 16.4. The summed E-state index contributed by atoms with van der Waals surface area (Å²) in [7, 11) is 3.24. The van der Waals surface area contributed by atoms with Crippen LogP contribution in [0.2, 0.25) is 0 Å². The van der Waals surface area contributed by atoms with Crippen LogP contribution in [0.5, 0.6) is 11.5 Å². The van der Waals surface area contributed by atoms with Gasteiger partial charge in [-0.3, -0.25) is 4.79 Å². The van der Waals surface area contributed by atoms with Crippen LogP contribution in [0.25, 0.3) is 0 Å². The Hall–Kier alpha value is -1.95. The van der Waals surface area contributed by atoms with Gasteiger partial charge in [-0.2, -0.15) is 0 Å². The molecule has 1 aromatic carbocycles. The van der Waals surface area contributed by atoms with Gasteiger partial charge in [0.05, 0.1) is 20.3 Å². The number of methoxy groups -OCH3 is 2. The Bertz CT molecular complexity index is 714. The average Bonchev–Trinajstić information content (AvgIpc) is 3.22. The summed E-state index contributed by atoms with van der Waals surface area (Å²) in [6.45, 7) is 0.758. The quantitative estimate of drug-likeness (QED) is 0.880. The summed E-state index contributed by atoms with van der Waals surface area (Å²) < 4.78 is 11.5. The van der Waals surface area contributed by atoms with Crippen molar-refractivity contribution in [3.8, 4) is 11.5 Å². The van der Waals surface area contributed by atoms with Gasteiger partial charge in [0.2, 0.25) is 0 Å². The van der Waals surface area contributed by atoms with Gasteiger partial charge in [-0.1, -0.05) is 6.07 Å². The monoisotopic (exact) mass is 378 g/mol. The normalized spacial score (nSPS) is 17.3. The number of nitrogens with zero attached hydrogens (tertiary/aromatic N) is 1. The fourth-order valence-corrected chi connectivity index (χ4v) is 3.41. The molecule has 122 valence electrons. The number of benzene rings is 1. The highest BCUT2D eigenvalue weighted by molar-refractivity contribution is 9.10. The van der Waals surface area contributed by atoms with Gasteiger partial charge in [-0.15, -0.1) is 0 Å². The second-order valence-corrected chi connectivity index (χ2v) is 6.42. The van der Waals surface area contributed by atoms with Crippen LogP contribution in [0.3, 0.4) is 0 Å². The number of halogens is 1. The molecule has 0 radical (unpaired) electrons. The Kier molecular flexibility index (Phi) is 4.61. The lowest BCUT2D eigenvalue weighted by atomic mass is 10.0. The molecule has 0 spiro atoms. The van der Waals surface area contributed by atoms with E-state index in [1.165, 1.54) is 0 Å². The van der Waals surface area contributed by atoms with E-state index in [1.54, 1.807) is 20.4 Å². The summed E-state index contributed by atoms with van der Waals surface area (Å²) in [5, 5.41) is 0. The molecule has 1 aromatic heterocycles. The van der Waals surface area contributed by atoms with Crippen molar-refractivity contribution >= 4 is 21.8 Å². The Balaban J connectivity index is 1.88. The minimum Gasteiger partial charge on any atom is -0.493 e. The summed E-state index contributed by atoms with van der Waals surface area (Å²) in [4.78, 5) is 17.7. The highest BCUT2D eigenvalue weighted by Crippen LogP contribution is 2.37. The molecule has 1 N–H and O–H groups in total. The largest absolute Gasteiger partial charge is 0.493 e.